The highest BCUT2D eigenvalue weighted by Crippen LogP contribution is 2.29. The van der Waals surface area contributed by atoms with E-state index in [9.17, 15) is 10.1 Å². The molecule has 1 aromatic heterocycles. The van der Waals surface area contributed by atoms with Crippen LogP contribution in [0.4, 0.5) is 0 Å². The van der Waals surface area contributed by atoms with Gasteiger partial charge in [-0.1, -0.05) is 41.9 Å². The van der Waals surface area contributed by atoms with E-state index >= 15 is 0 Å². The molecule has 0 bridgehead atoms. The minimum absolute atomic E-state index is 0.136. The molecule has 0 N–H and O–H groups in total. The van der Waals surface area contributed by atoms with Gasteiger partial charge in [-0.3, -0.25) is 4.79 Å². The summed E-state index contributed by atoms with van der Waals surface area (Å²) in [7, 11) is 0. The molecule has 3 rings (SSSR count). The maximum atomic E-state index is 12.3. The molecule has 0 radical (unpaired) electrons. The molecule has 0 saturated carbocycles. The van der Waals surface area contributed by atoms with E-state index in [1.54, 1.807) is 30.3 Å². The average Bonchev–Trinajstić information content (AvgIpc) is 2.71. The third-order valence-corrected chi connectivity index (χ3v) is 5.31. The van der Waals surface area contributed by atoms with Crippen LogP contribution in [-0.2, 0) is 5.75 Å². The van der Waals surface area contributed by atoms with Crippen LogP contribution in [-0.4, -0.2) is 17.4 Å². The van der Waals surface area contributed by atoms with Crippen LogP contribution in [0.15, 0.2) is 65.7 Å². The largest absolute Gasteiger partial charge is 0.469 e. The fourth-order valence-electron chi connectivity index (χ4n) is 2.51. The van der Waals surface area contributed by atoms with Crippen molar-refractivity contribution in [3.63, 3.8) is 0 Å². The molecule has 140 valence electrons. The number of nitriles is 1. The number of nitrogens with zero attached hydrogens (tertiary/aromatic N) is 2. The van der Waals surface area contributed by atoms with Gasteiger partial charge < -0.3 is 4.74 Å². The summed E-state index contributed by atoms with van der Waals surface area (Å²) in [5.41, 5.74) is 2.95. The highest BCUT2D eigenvalue weighted by Gasteiger charge is 2.13. The molecule has 0 aliphatic rings. The molecular weight excluding hydrogens is 392 g/mol. The van der Waals surface area contributed by atoms with E-state index in [4.69, 9.17) is 16.3 Å². The number of thioether (sulfide) groups is 1. The number of ether oxygens (including phenoxy) is 1. The van der Waals surface area contributed by atoms with Gasteiger partial charge in [0.2, 0.25) is 5.88 Å². The van der Waals surface area contributed by atoms with E-state index in [1.165, 1.54) is 11.8 Å². The van der Waals surface area contributed by atoms with Crippen LogP contribution < -0.4 is 4.74 Å². The van der Waals surface area contributed by atoms with Crippen molar-refractivity contribution >= 4 is 29.1 Å². The number of aromatic nitrogens is 1. The van der Waals surface area contributed by atoms with Crippen LogP contribution in [0.2, 0.25) is 5.02 Å². The van der Waals surface area contributed by atoms with E-state index < -0.39 is 0 Å². The highest BCUT2D eigenvalue weighted by atomic mass is 35.5. The van der Waals surface area contributed by atoms with Crippen molar-refractivity contribution in [2.75, 3.05) is 6.61 Å². The summed E-state index contributed by atoms with van der Waals surface area (Å²) >= 11 is 7.32. The standard InChI is InChI=1S/C22H17ClN2O2S/c1-15-11-21(27-13-20(26)17-7-9-18(23)10-8-17)25-22(19(15)12-24)28-14-16-5-3-2-4-6-16/h2-11H,13-14H2,1H3. The molecule has 2 aromatic carbocycles. The number of hydrogen-bond donors (Lipinski definition) is 0. The molecule has 4 nitrogen and oxygen atoms in total. The first-order valence-electron chi connectivity index (χ1n) is 8.57. The topological polar surface area (TPSA) is 63.0 Å². The lowest BCUT2D eigenvalue weighted by molar-refractivity contribution is 0.0917. The Hall–Kier alpha value is -2.81. The molecule has 1 heterocycles. The zero-order valence-electron chi connectivity index (χ0n) is 15.2. The molecule has 0 unspecified atom stereocenters. The predicted octanol–water partition coefficient (Wildman–Crippen LogP) is 5.47. The second-order valence-corrected chi connectivity index (χ2v) is 7.46. The van der Waals surface area contributed by atoms with Crippen molar-refractivity contribution in [2.24, 2.45) is 0 Å². The molecule has 0 amide bonds. The fraction of sp³-hybridized carbons (Fsp3) is 0.136. The summed E-state index contributed by atoms with van der Waals surface area (Å²) in [6, 6.07) is 20.5. The Labute approximate surface area is 173 Å². The van der Waals surface area contributed by atoms with E-state index in [0.29, 0.717) is 32.8 Å². The fourth-order valence-corrected chi connectivity index (χ4v) is 3.64. The minimum Gasteiger partial charge on any atom is -0.469 e. The Balaban J connectivity index is 1.72. The molecule has 0 fully saturated rings. The van der Waals surface area contributed by atoms with E-state index in [1.807, 2.05) is 37.3 Å². The first kappa shape index (κ1) is 19.9. The van der Waals surface area contributed by atoms with Crippen LogP contribution in [0.3, 0.4) is 0 Å². The summed E-state index contributed by atoms with van der Waals surface area (Å²) in [6.07, 6.45) is 0. The molecule has 0 aliphatic heterocycles. The van der Waals surface area contributed by atoms with Gasteiger partial charge in [-0.2, -0.15) is 5.26 Å². The Morgan fingerprint density at radius 1 is 1.18 bits per heavy atom. The maximum absolute atomic E-state index is 12.3. The van der Waals surface area contributed by atoms with Gasteiger partial charge in [-0.15, -0.1) is 11.8 Å². The molecule has 0 atom stereocenters. The number of carbonyl (C=O) groups is 1. The van der Waals surface area contributed by atoms with Crippen molar-refractivity contribution in [3.05, 3.63) is 87.9 Å². The molecule has 28 heavy (non-hydrogen) atoms. The normalized spacial score (nSPS) is 10.3. The lowest BCUT2D eigenvalue weighted by Crippen LogP contribution is -2.12. The van der Waals surface area contributed by atoms with E-state index in [-0.39, 0.29) is 12.4 Å². The number of Topliss-reactive ketones (excluding diaryl/α,β-unsaturated/α-hetero) is 1. The van der Waals surface area contributed by atoms with Crippen molar-refractivity contribution in [3.8, 4) is 11.9 Å². The van der Waals surface area contributed by atoms with Crippen molar-refractivity contribution < 1.29 is 9.53 Å². The number of rotatable bonds is 7. The number of hydrogen-bond acceptors (Lipinski definition) is 5. The van der Waals surface area contributed by atoms with Crippen LogP contribution in [0.5, 0.6) is 5.88 Å². The SMILES string of the molecule is Cc1cc(OCC(=O)c2ccc(Cl)cc2)nc(SCc2ccccc2)c1C#N. The summed E-state index contributed by atoms with van der Waals surface area (Å²) in [5, 5.41) is 10.6. The molecule has 0 saturated heterocycles. The zero-order chi connectivity index (χ0) is 19.9. The second kappa shape index (κ2) is 9.41. The molecule has 0 aliphatic carbocycles. The number of halogens is 1. The monoisotopic (exact) mass is 408 g/mol. The molecular formula is C22H17ClN2O2S. The Morgan fingerprint density at radius 2 is 1.89 bits per heavy atom. The van der Waals surface area contributed by atoms with Crippen molar-refractivity contribution in [2.45, 2.75) is 17.7 Å². The van der Waals surface area contributed by atoms with Gasteiger partial charge in [0.25, 0.3) is 0 Å². The summed E-state index contributed by atoms with van der Waals surface area (Å²) < 4.78 is 5.61. The molecule has 0 spiro atoms. The van der Waals surface area contributed by atoms with Gasteiger partial charge in [0, 0.05) is 22.4 Å². The van der Waals surface area contributed by atoms with E-state index in [0.717, 1.165) is 11.1 Å². The average molecular weight is 409 g/mol. The summed E-state index contributed by atoms with van der Waals surface area (Å²) in [6.45, 7) is 1.70. The number of aryl methyl sites for hydroxylation is 1. The number of ketones is 1. The summed E-state index contributed by atoms with van der Waals surface area (Å²) in [4.78, 5) is 16.7. The Bertz CT molecular complexity index is 1020. The highest BCUT2D eigenvalue weighted by molar-refractivity contribution is 7.98. The Morgan fingerprint density at radius 3 is 2.57 bits per heavy atom. The first-order chi connectivity index (χ1) is 13.6. The maximum Gasteiger partial charge on any atom is 0.215 e. The van der Waals surface area contributed by atoms with E-state index in [2.05, 4.69) is 11.1 Å². The number of pyridine rings is 1. The van der Waals surface area contributed by atoms with Gasteiger partial charge in [0.1, 0.15) is 11.1 Å². The molecule has 3 aromatic rings. The number of benzene rings is 2. The van der Waals surface area contributed by atoms with Crippen molar-refractivity contribution in [1.82, 2.24) is 4.98 Å². The van der Waals surface area contributed by atoms with Crippen LogP contribution in [0, 0.1) is 18.3 Å². The summed E-state index contributed by atoms with van der Waals surface area (Å²) in [5.74, 6) is 0.850. The van der Waals surface area contributed by atoms with Crippen molar-refractivity contribution in [1.29, 1.82) is 5.26 Å². The number of carbonyl (C=O) groups excluding carboxylic acids is 1. The third-order valence-electron chi connectivity index (χ3n) is 4.01. The molecule has 6 heteroatoms. The van der Waals surface area contributed by atoms with Gasteiger partial charge in [0.05, 0.1) is 5.56 Å². The lowest BCUT2D eigenvalue weighted by atomic mass is 10.1. The quantitative estimate of drug-likeness (QED) is 0.383. The van der Waals surface area contributed by atoms with Gasteiger partial charge in [0.15, 0.2) is 12.4 Å². The Kier molecular flexibility index (Phi) is 6.70. The van der Waals surface area contributed by atoms with Gasteiger partial charge in [-0.05, 0) is 42.3 Å². The lowest BCUT2D eigenvalue weighted by Gasteiger charge is -2.10. The van der Waals surface area contributed by atoms with Gasteiger partial charge in [-0.25, -0.2) is 4.98 Å². The van der Waals surface area contributed by atoms with Crippen LogP contribution in [0.25, 0.3) is 0 Å². The third kappa shape index (κ3) is 5.13. The van der Waals surface area contributed by atoms with Crippen LogP contribution >= 0.6 is 23.4 Å². The minimum atomic E-state index is -0.168. The first-order valence-corrected chi connectivity index (χ1v) is 9.93. The van der Waals surface area contributed by atoms with Gasteiger partial charge >= 0.3 is 0 Å². The van der Waals surface area contributed by atoms with Crippen LogP contribution in [0.1, 0.15) is 27.0 Å². The second-order valence-electron chi connectivity index (χ2n) is 6.06. The zero-order valence-corrected chi connectivity index (χ0v) is 16.8. The smallest absolute Gasteiger partial charge is 0.215 e. The predicted molar refractivity (Wildman–Crippen MR) is 111 cm³/mol.